The van der Waals surface area contributed by atoms with Crippen molar-refractivity contribution in [2.45, 2.75) is 56.7 Å². The van der Waals surface area contributed by atoms with E-state index < -0.39 is 11.7 Å². The van der Waals surface area contributed by atoms with Crippen LogP contribution in [0.3, 0.4) is 0 Å². The molecule has 2 nitrogen and oxygen atoms in total. The molecular formula is C13H18O2. The van der Waals surface area contributed by atoms with Gasteiger partial charge in [0.1, 0.15) is 6.10 Å². The Morgan fingerprint density at radius 3 is 2.80 bits per heavy atom. The lowest BCUT2D eigenvalue weighted by Gasteiger charge is -2.09. The van der Waals surface area contributed by atoms with Gasteiger partial charge >= 0.3 is 0 Å². The summed E-state index contributed by atoms with van der Waals surface area (Å²) in [6.45, 7) is 0. The van der Waals surface area contributed by atoms with Crippen LogP contribution in [0.1, 0.15) is 44.9 Å². The second kappa shape index (κ2) is 4.38. The van der Waals surface area contributed by atoms with Crippen molar-refractivity contribution in [3.63, 3.8) is 0 Å². The van der Waals surface area contributed by atoms with Crippen LogP contribution in [-0.4, -0.2) is 21.9 Å². The van der Waals surface area contributed by atoms with Gasteiger partial charge in [-0.1, -0.05) is 17.9 Å². The van der Waals surface area contributed by atoms with Crippen molar-refractivity contribution in [1.29, 1.82) is 0 Å². The Bertz CT molecular complexity index is 315. The average molecular weight is 206 g/mol. The smallest absolute Gasteiger partial charge is 0.117 e. The first-order valence-corrected chi connectivity index (χ1v) is 5.79. The molecule has 0 heterocycles. The van der Waals surface area contributed by atoms with Crippen LogP contribution in [-0.2, 0) is 0 Å². The van der Waals surface area contributed by atoms with Gasteiger partial charge in [0.05, 0.1) is 5.60 Å². The number of aliphatic hydroxyl groups excluding tert-OH is 1. The normalized spacial score (nSPS) is 24.8. The minimum absolute atomic E-state index is 0.410. The molecule has 82 valence electrons. The Hall–Kier alpha value is -0.780. The van der Waals surface area contributed by atoms with E-state index in [0.717, 1.165) is 31.3 Å². The molecule has 1 saturated carbocycles. The van der Waals surface area contributed by atoms with Gasteiger partial charge in [0, 0.05) is 6.42 Å². The Balaban J connectivity index is 1.84. The molecule has 0 aliphatic heterocycles. The monoisotopic (exact) mass is 206 g/mol. The van der Waals surface area contributed by atoms with Crippen LogP contribution in [0.2, 0.25) is 0 Å². The molecular weight excluding hydrogens is 188 g/mol. The first-order chi connectivity index (χ1) is 7.18. The predicted octanol–water partition coefficient (Wildman–Crippen LogP) is 1.77. The van der Waals surface area contributed by atoms with Crippen molar-refractivity contribution in [3.05, 3.63) is 11.6 Å². The molecule has 0 bridgehead atoms. The van der Waals surface area contributed by atoms with Crippen molar-refractivity contribution in [1.82, 2.24) is 0 Å². The predicted molar refractivity (Wildman–Crippen MR) is 59.1 cm³/mol. The van der Waals surface area contributed by atoms with Crippen molar-refractivity contribution >= 4 is 0 Å². The highest BCUT2D eigenvalue weighted by atomic mass is 16.3. The summed E-state index contributed by atoms with van der Waals surface area (Å²) in [5.74, 6) is 5.85. The molecule has 2 aliphatic rings. The van der Waals surface area contributed by atoms with E-state index in [1.807, 2.05) is 0 Å². The zero-order chi connectivity index (χ0) is 10.7. The summed E-state index contributed by atoms with van der Waals surface area (Å²) in [5, 5.41) is 19.2. The molecule has 2 N–H and O–H groups in total. The standard InChI is InChI=1S/C13H18O2/c14-12(10-13(15)8-9-13)7-6-11-4-2-1-3-5-11/h4,12,14-15H,1-3,5,8-10H2. The second-order valence-electron chi connectivity index (χ2n) is 4.69. The number of hydrogen-bond acceptors (Lipinski definition) is 2. The minimum atomic E-state index is -0.666. The molecule has 2 heteroatoms. The number of hydrogen-bond donors (Lipinski definition) is 2. The highest BCUT2D eigenvalue weighted by Gasteiger charge is 2.41. The van der Waals surface area contributed by atoms with Gasteiger partial charge in [-0.05, 0) is 44.1 Å². The van der Waals surface area contributed by atoms with Gasteiger partial charge < -0.3 is 10.2 Å². The van der Waals surface area contributed by atoms with Crippen LogP contribution in [0.15, 0.2) is 11.6 Å². The molecule has 0 aromatic rings. The van der Waals surface area contributed by atoms with Crippen LogP contribution in [0, 0.1) is 11.8 Å². The Kier molecular flexibility index (Phi) is 3.14. The third-order valence-electron chi connectivity index (χ3n) is 3.09. The van der Waals surface area contributed by atoms with Gasteiger partial charge in [0.2, 0.25) is 0 Å². The van der Waals surface area contributed by atoms with Gasteiger partial charge in [0.25, 0.3) is 0 Å². The van der Waals surface area contributed by atoms with Crippen LogP contribution in [0.4, 0.5) is 0 Å². The Morgan fingerprint density at radius 2 is 2.20 bits per heavy atom. The topological polar surface area (TPSA) is 40.5 Å². The summed E-state index contributed by atoms with van der Waals surface area (Å²) in [6, 6.07) is 0. The number of aliphatic hydroxyl groups is 2. The van der Waals surface area contributed by atoms with E-state index in [0.29, 0.717) is 6.42 Å². The molecule has 1 unspecified atom stereocenters. The Morgan fingerprint density at radius 1 is 1.40 bits per heavy atom. The molecule has 15 heavy (non-hydrogen) atoms. The average Bonchev–Trinajstić information content (AvgIpc) is 2.95. The van der Waals surface area contributed by atoms with Gasteiger partial charge in [-0.25, -0.2) is 0 Å². The second-order valence-corrected chi connectivity index (χ2v) is 4.69. The molecule has 1 atom stereocenters. The zero-order valence-corrected chi connectivity index (χ0v) is 9.00. The van der Waals surface area contributed by atoms with E-state index in [4.69, 9.17) is 0 Å². The maximum atomic E-state index is 9.59. The van der Waals surface area contributed by atoms with Crippen molar-refractivity contribution < 1.29 is 10.2 Å². The molecule has 2 rings (SSSR count). The molecule has 0 amide bonds. The summed E-state index contributed by atoms with van der Waals surface area (Å²) >= 11 is 0. The lowest BCUT2D eigenvalue weighted by atomic mass is 9.99. The van der Waals surface area contributed by atoms with E-state index in [-0.39, 0.29) is 0 Å². The molecule has 0 spiro atoms. The summed E-state index contributed by atoms with van der Waals surface area (Å²) < 4.78 is 0. The van der Waals surface area contributed by atoms with Crippen LogP contribution < -0.4 is 0 Å². The summed E-state index contributed by atoms with van der Waals surface area (Å²) in [6.07, 6.45) is 8.16. The molecule has 2 aliphatic carbocycles. The Labute approximate surface area is 91.0 Å². The fraction of sp³-hybridized carbons (Fsp3) is 0.692. The van der Waals surface area contributed by atoms with Gasteiger partial charge in [0.15, 0.2) is 0 Å². The highest BCUT2D eigenvalue weighted by molar-refractivity contribution is 5.31. The summed E-state index contributed by atoms with van der Waals surface area (Å²) in [7, 11) is 0. The molecule has 0 aromatic heterocycles. The van der Waals surface area contributed by atoms with Crippen molar-refractivity contribution in [3.8, 4) is 11.8 Å². The highest BCUT2D eigenvalue weighted by Crippen LogP contribution is 2.39. The van der Waals surface area contributed by atoms with Crippen LogP contribution in [0.5, 0.6) is 0 Å². The first-order valence-electron chi connectivity index (χ1n) is 5.79. The number of rotatable bonds is 2. The maximum Gasteiger partial charge on any atom is 0.117 e. The van der Waals surface area contributed by atoms with Crippen LogP contribution in [0.25, 0.3) is 0 Å². The first kappa shape index (κ1) is 10.7. The van der Waals surface area contributed by atoms with E-state index in [2.05, 4.69) is 17.9 Å². The molecule has 0 saturated heterocycles. The SMILES string of the molecule is OC(C#CC1=CCCCC1)CC1(O)CC1. The lowest BCUT2D eigenvalue weighted by molar-refractivity contribution is 0.0891. The van der Waals surface area contributed by atoms with Gasteiger partial charge in [-0.2, -0.15) is 0 Å². The van der Waals surface area contributed by atoms with E-state index in [1.54, 1.807) is 0 Å². The molecule has 0 aromatic carbocycles. The molecule has 1 fully saturated rings. The summed E-state index contributed by atoms with van der Waals surface area (Å²) in [4.78, 5) is 0. The lowest BCUT2D eigenvalue weighted by Crippen LogP contribution is -2.16. The third kappa shape index (κ3) is 3.37. The van der Waals surface area contributed by atoms with Gasteiger partial charge in [-0.3, -0.25) is 0 Å². The minimum Gasteiger partial charge on any atom is -0.390 e. The summed E-state index contributed by atoms with van der Waals surface area (Å²) in [5.41, 5.74) is 0.553. The third-order valence-corrected chi connectivity index (χ3v) is 3.09. The van der Waals surface area contributed by atoms with E-state index in [1.165, 1.54) is 12.8 Å². The fourth-order valence-electron chi connectivity index (χ4n) is 1.89. The van der Waals surface area contributed by atoms with E-state index in [9.17, 15) is 10.2 Å². The van der Waals surface area contributed by atoms with Crippen molar-refractivity contribution in [2.24, 2.45) is 0 Å². The fourth-order valence-corrected chi connectivity index (χ4v) is 1.89. The maximum absolute atomic E-state index is 9.59. The number of allylic oxidation sites excluding steroid dienone is 2. The largest absolute Gasteiger partial charge is 0.390 e. The quantitative estimate of drug-likeness (QED) is 0.676. The van der Waals surface area contributed by atoms with E-state index >= 15 is 0 Å². The zero-order valence-electron chi connectivity index (χ0n) is 9.00. The van der Waals surface area contributed by atoms with Crippen LogP contribution >= 0.6 is 0 Å². The molecule has 0 radical (unpaired) electrons. The van der Waals surface area contributed by atoms with Gasteiger partial charge in [-0.15, -0.1) is 0 Å². The van der Waals surface area contributed by atoms with Crippen molar-refractivity contribution in [2.75, 3.05) is 0 Å².